The molecular weight excluding hydrogens is 776 g/mol. The Kier molecular flexibility index (Phi) is 9.12. The monoisotopic (exact) mass is 816 g/mol. The highest BCUT2D eigenvalue weighted by atomic mass is 35.5. The molecule has 2 aromatic heterocycles. The van der Waals surface area contributed by atoms with E-state index >= 15 is 4.79 Å². The van der Waals surface area contributed by atoms with Crippen molar-refractivity contribution in [1.29, 1.82) is 0 Å². The van der Waals surface area contributed by atoms with Gasteiger partial charge in [0.15, 0.2) is 11.5 Å². The molecule has 4 aliphatic rings. The third-order valence-electron chi connectivity index (χ3n) is 12.8. The Morgan fingerprint density at radius 1 is 0.966 bits per heavy atom. The van der Waals surface area contributed by atoms with Gasteiger partial charge in [0.1, 0.15) is 11.5 Å². The molecule has 1 N–H and O–H groups in total. The maximum atomic E-state index is 15.1. The van der Waals surface area contributed by atoms with Gasteiger partial charge in [-0.25, -0.2) is 4.90 Å². The lowest BCUT2D eigenvalue weighted by molar-refractivity contribution is -0.141. The number of amides is 4. The summed E-state index contributed by atoms with van der Waals surface area (Å²) in [6.07, 6.45) is 6.34. The lowest BCUT2D eigenvalue weighted by Gasteiger charge is -2.47. The second kappa shape index (κ2) is 14.0. The highest BCUT2D eigenvalue weighted by Gasteiger charge is 2.67. The zero-order valence-electron chi connectivity index (χ0n) is 32.6. The molecular formula is C45H41ClN4O7S. The topological polar surface area (TPSA) is 131 Å². The van der Waals surface area contributed by atoms with Crippen LogP contribution < -0.4 is 14.4 Å². The molecule has 296 valence electrons. The highest BCUT2D eigenvalue weighted by Crippen LogP contribution is 2.61. The molecule has 0 spiro atoms. The van der Waals surface area contributed by atoms with E-state index in [2.05, 4.69) is 0 Å². The number of imide groups is 2. The fraction of sp³-hybridized carbons (Fsp3) is 0.311. The van der Waals surface area contributed by atoms with Crippen LogP contribution in [0.1, 0.15) is 36.5 Å². The lowest BCUT2D eigenvalue weighted by Crippen LogP contribution is -2.49. The van der Waals surface area contributed by atoms with Crippen LogP contribution in [0.2, 0.25) is 5.02 Å². The zero-order valence-corrected chi connectivity index (χ0v) is 34.1. The lowest BCUT2D eigenvalue weighted by atomic mass is 9.52. The molecule has 5 aromatic rings. The number of aromatic nitrogens is 2. The number of aromatic hydroxyl groups is 1. The number of phenols is 1. The summed E-state index contributed by atoms with van der Waals surface area (Å²) in [5, 5.41) is 17.1. The normalized spacial score (nSPS) is 25.4. The molecule has 2 aliphatic heterocycles. The molecule has 1 saturated carbocycles. The number of thiophene rings is 1. The number of fused-ring (bicyclic) bond motifs is 5. The maximum absolute atomic E-state index is 15.1. The molecule has 2 aliphatic carbocycles. The van der Waals surface area contributed by atoms with E-state index in [-0.39, 0.29) is 53.8 Å². The average molecular weight is 817 g/mol. The van der Waals surface area contributed by atoms with Gasteiger partial charge in [-0.2, -0.15) is 5.10 Å². The van der Waals surface area contributed by atoms with E-state index in [4.69, 9.17) is 26.2 Å². The first-order chi connectivity index (χ1) is 27.8. The van der Waals surface area contributed by atoms with Gasteiger partial charge in [0.05, 0.1) is 48.8 Å². The van der Waals surface area contributed by atoms with Crippen molar-refractivity contribution in [3.8, 4) is 27.8 Å². The standard InChI is InChI=1S/C45H41ClN4O7S/c1-23-29-19-26(46)12-16-36(29)58-40(23)33-21-37(48(3)47-33)50-42(53)32-20-30-27(13-14-28-38(30)43(54)49(41(28)52)22-24-9-7-6-8-10-24)31(45(32,2)44(50)55)15-11-25-17-34(56-4)39(51)35(18-25)57-5/h6-13,15-19,21,28,30-32,38,51H,14,20,22H2,1-5H3. The summed E-state index contributed by atoms with van der Waals surface area (Å²) in [6, 6.07) is 20.3. The second-order valence-electron chi connectivity index (χ2n) is 15.8. The van der Waals surface area contributed by atoms with Gasteiger partial charge in [0.25, 0.3) is 0 Å². The van der Waals surface area contributed by atoms with Crippen molar-refractivity contribution < 1.29 is 33.8 Å². The Morgan fingerprint density at radius 2 is 1.69 bits per heavy atom. The van der Waals surface area contributed by atoms with Crippen LogP contribution in [-0.2, 0) is 32.8 Å². The number of halogens is 1. The number of phenolic OH excluding ortho intramolecular Hbond substituents is 1. The number of aryl methyl sites for hydroxylation is 2. The number of rotatable bonds is 8. The summed E-state index contributed by atoms with van der Waals surface area (Å²) in [4.78, 5) is 62.0. The molecule has 9 rings (SSSR count). The van der Waals surface area contributed by atoms with Crippen molar-refractivity contribution in [3.05, 3.63) is 106 Å². The maximum Gasteiger partial charge on any atom is 0.242 e. The minimum absolute atomic E-state index is 0.144. The minimum Gasteiger partial charge on any atom is -0.502 e. The van der Waals surface area contributed by atoms with E-state index in [9.17, 15) is 19.5 Å². The number of benzene rings is 3. The summed E-state index contributed by atoms with van der Waals surface area (Å²) < 4.78 is 13.5. The van der Waals surface area contributed by atoms with Crippen LogP contribution in [0.5, 0.6) is 17.2 Å². The third-order valence-corrected chi connectivity index (χ3v) is 14.4. The van der Waals surface area contributed by atoms with Gasteiger partial charge in [-0.15, -0.1) is 11.3 Å². The van der Waals surface area contributed by atoms with E-state index in [1.165, 1.54) is 24.0 Å². The fourth-order valence-corrected chi connectivity index (χ4v) is 11.2. The quantitative estimate of drug-likeness (QED) is 0.123. The number of hydrogen-bond donors (Lipinski definition) is 1. The van der Waals surface area contributed by atoms with Crippen molar-refractivity contribution in [2.75, 3.05) is 19.1 Å². The number of ether oxygens (including phenoxy) is 2. The first-order valence-electron chi connectivity index (χ1n) is 19.2. The number of carbonyl (C=O) groups is 4. The van der Waals surface area contributed by atoms with Gasteiger partial charge < -0.3 is 14.6 Å². The van der Waals surface area contributed by atoms with E-state index in [0.717, 1.165) is 31.7 Å². The van der Waals surface area contributed by atoms with E-state index in [0.29, 0.717) is 28.5 Å². The van der Waals surface area contributed by atoms with Crippen molar-refractivity contribution >= 4 is 68.5 Å². The van der Waals surface area contributed by atoms with Crippen LogP contribution in [0, 0.1) is 41.9 Å². The van der Waals surface area contributed by atoms with E-state index in [1.807, 2.05) is 80.6 Å². The number of carbonyl (C=O) groups excluding carboxylic acids is 4. The van der Waals surface area contributed by atoms with Crippen LogP contribution in [0.3, 0.4) is 0 Å². The molecule has 58 heavy (non-hydrogen) atoms. The highest BCUT2D eigenvalue weighted by molar-refractivity contribution is 7.22. The summed E-state index contributed by atoms with van der Waals surface area (Å²) in [6.45, 7) is 4.02. The van der Waals surface area contributed by atoms with Crippen molar-refractivity contribution in [3.63, 3.8) is 0 Å². The molecule has 6 atom stereocenters. The van der Waals surface area contributed by atoms with Crippen LogP contribution in [-0.4, -0.2) is 57.6 Å². The van der Waals surface area contributed by atoms with Gasteiger partial charge in [0, 0.05) is 28.8 Å². The van der Waals surface area contributed by atoms with Gasteiger partial charge >= 0.3 is 0 Å². The van der Waals surface area contributed by atoms with Crippen molar-refractivity contribution in [2.24, 2.45) is 42.1 Å². The smallest absolute Gasteiger partial charge is 0.242 e. The first-order valence-corrected chi connectivity index (χ1v) is 20.4. The first kappa shape index (κ1) is 37.8. The fourth-order valence-electron chi connectivity index (χ4n) is 9.86. The third kappa shape index (κ3) is 5.63. The largest absolute Gasteiger partial charge is 0.502 e. The molecule has 13 heteroatoms. The Morgan fingerprint density at radius 3 is 2.40 bits per heavy atom. The summed E-state index contributed by atoms with van der Waals surface area (Å²) in [7, 11) is 4.62. The minimum atomic E-state index is -1.25. The summed E-state index contributed by atoms with van der Waals surface area (Å²) in [5.74, 6) is -3.71. The predicted octanol–water partition coefficient (Wildman–Crippen LogP) is 7.96. The van der Waals surface area contributed by atoms with E-state index in [1.54, 1.807) is 41.3 Å². The van der Waals surface area contributed by atoms with E-state index < -0.39 is 35.0 Å². The molecule has 11 nitrogen and oxygen atoms in total. The Balaban J connectivity index is 1.13. The summed E-state index contributed by atoms with van der Waals surface area (Å²) in [5.41, 5.74) is 2.73. The number of nitrogens with zero attached hydrogens (tertiary/aromatic N) is 4. The van der Waals surface area contributed by atoms with Gasteiger partial charge in [-0.05, 0) is 85.0 Å². The SMILES string of the molecule is COc1cc(C=CC2C3=CCC4C(=O)N(Cc5ccccc5)C(=O)C4C3CC3C(=O)N(c4cc(-c5sc6ccc(Cl)cc6c5C)nn4C)C(=O)C23C)cc(OC)c1O. The van der Waals surface area contributed by atoms with Crippen molar-refractivity contribution in [1.82, 2.24) is 14.7 Å². The Bertz CT molecular complexity index is 2610. The molecule has 3 fully saturated rings. The van der Waals surface area contributed by atoms with Gasteiger partial charge in [-0.1, -0.05) is 65.7 Å². The number of allylic oxidation sites excluding steroid dienone is 3. The zero-order chi connectivity index (χ0) is 40.8. The predicted molar refractivity (Wildman–Crippen MR) is 221 cm³/mol. The number of hydrogen-bond acceptors (Lipinski definition) is 9. The molecule has 4 amide bonds. The molecule has 0 bridgehead atoms. The van der Waals surface area contributed by atoms with Gasteiger partial charge in [0.2, 0.25) is 29.4 Å². The molecule has 4 heterocycles. The molecule has 2 saturated heterocycles. The van der Waals surface area contributed by atoms with Crippen molar-refractivity contribution in [2.45, 2.75) is 33.2 Å². The molecule has 0 radical (unpaired) electrons. The van der Waals surface area contributed by atoms with Gasteiger partial charge in [-0.3, -0.25) is 28.8 Å². The second-order valence-corrected chi connectivity index (χ2v) is 17.3. The van der Waals surface area contributed by atoms with Crippen LogP contribution in [0.25, 0.3) is 26.7 Å². The summed E-state index contributed by atoms with van der Waals surface area (Å²) >= 11 is 7.90. The van der Waals surface area contributed by atoms with Crippen LogP contribution in [0.4, 0.5) is 5.82 Å². The number of methoxy groups -OCH3 is 2. The molecule has 3 aromatic carbocycles. The number of anilines is 1. The Labute approximate surface area is 344 Å². The average Bonchev–Trinajstić information content (AvgIpc) is 3.89. The van der Waals surface area contributed by atoms with Crippen LogP contribution in [0.15, 0.2) is 84.5 Å². The number of likely N-dealkylation sites (tertiary alicyclic amines) is 1. The molecule has 6 unspecified atom stereocenters. The Hall–Kier alpha value is -5.72. The van der Waals surface area contributed by atoms with Crippen LogP contribution >= 0.6 is 22.9 Å².